The number of benzene rings is 6. The van der Waals surface area contributed by atoms with Gasteiger partial charge in [-0.3, -0.25) is 4.68 Å². The normalized spacial score (nSPS) is 11.5. The number of hydrogen-bond acceptors (Lipinski definition) is 3. The summed E-state index contributed by atoms with van der Waals surface area (Å²) in [4.78, 5) is 4.95. The van der Waals surface area contributed by atoms with Crippen molar-refractivity contribution in [3.63, 3.8) is 0 Å². The molecule has 0 saturated carbocycles. The molecular weight excluding hydrogens is 796 g/mol. The van der Waals surface area contributed by atoms with Crippen molar-refractivity contribution in [2.75, 3.05) is 0 Å². The maximum absolute atomic E-state index is 6.43. The van der Waals surface area contributed by atoms with Gasteiger partial charge >= 0.3 is 21.1 Å². The Kier molecular flexibility index (Phi) is 8.14. The first-order valence-corrected chi connectivity index (χ1v) is 16.3. The zero-order valence-electron chi connectivity index (χ0n) is 27.1. The molecule has 9 rings (SSSR count). The molecule has 0 atom stereocenters. The van der Waals surface area contributed by atoms with E-state index in [-0.39, 0.29) is 21.1 Å². The van der Waals surface area contributed by atoms with E-state index >= 15 is 0 Å². The van der Waals surface area contributed by atoms with Crippen LogP contribution in [0, 0.1) is 12.1 Å². The third-order valence-corrected chi connectivity index (χ3v) is 9.49. The zero-order valence-corrected chi connectivity index (χ0v) is 29.4. The maximum Gasteiger partial charge on any atom is 2.00 e. The molecule has 3 aromatic heterocycles. The van der Waals surface area contributed by atoms with Crippen molar-refractivity contribution in [2.45, 2.75) is 12.3 Å². The molecule has 0 aliphatic rings. The van der Waals surface area contributed by atoms with Crippen LogP contribution in [0.5, 0.6) is 11.5 Å². The Hall–Kier alpha value is -5.77. The number of hydrogen-bond donors (Lipinski definition) is 0. The van der Waals surface area contributed by atoms with Gasteiger partial charge in [0.2, 0.25) is 0 Å². The van der Waals surface area contributed by atoms with Crippen molar-refractivity contribution in [3.05, 3.63) is 193 Å². The topological polar surface area (TPSA) is 44.9 Å². The van der Waals surface area contributed by atoms with Gasteiger partial charge in [0.15, 0.2) is 0 Å². The third kappa shape index (κ3) is 5.31. The Labute approximate surface area is 304 Å². The molecule has 0 saturated heterocycles. The summed E-state index contributed by atoms with van der Waals surface area (Å²) < 4.78 is 10.5. The summed E-state index contributed by atoms with van der Waals surface area (Å²) in [7, 11) is 0. The summed E-state index contributed by atoms with van der Waals surface area (Å²) >= 11 is 0. The summed E-state index contributed by atoms with van der Waals surface area (Å²) in [5.74, 6) is 1.98. The first-order valence-electron chi connectivity index (χ1n) is 16.3. The Bertz CT molecular complexity index is 2570. The molecule has 0 bridgehead atoms. The predicted octanol–water partition coefficient (Wildman–Crippen LogP) is 10.3. The molecule has 0 spiro atoms. The predicted molar refractivity (Wildman–Crippen MR) is 196 cm³/mol. The standard InChI is InChI=1S/C44H30N4O.Pt/c1-44(32-14-4-2-5-15-32,33-16-6-3-7-17-33)34-25-26-45-43(27-34)47-41-22-11-9-20-38(41)39-24-23-37(29-42(39)47)49-36-19-12-18-35(28-36)48-40-21-10-8-13-31(40)30-46-48;/h2-27,30H,1H3;/q-2;+2. The Morgan fingerprint density at radius 3 is 2.06 bits per heavy atom. The number of fused-ring (bicyclic) bond motifs is 4. The van der Waals surface area contributed by atoms with Gasteiger partial charge in [0.05, 0.1) is 11.7 Å². The number of aromatic nitrogens is 4. The van der Waals surface area contributed by atoms with E-state index < -0.39 is 5.41 Å². The number of nitrogens with zero attached hydrogens (tertiary/aromatic N) is 4. The SMILES string of the molecule is CC(c1ccccc1)(c1ccccc1)c1ccnc(-n2c3[c-]c(Oc4[c-]c(-n5ncc6ccccc65)ccc4)ccc3c3ccccc32)c1.[Pt+2]. The van der Waals surface area contributed by atoms with Crippen molar-refractivity contribution in [1.29, 1.82) is 0 Å². The van der Waals surface area contributed by atoms with Gasteiger partial charge in [-0.2, -0.15) is 17.2 Å². The molecule has 3 heterocycles. The third-order valence-electron chi connectivity index (χ3n) is 9.49. The molecule has 6 heteroatoms. The summed E-state index contributed by atoms with van der Waals surface area (Å²) in [6, 6.07) is 59.1. The van der Waals surface area contributed by atoms with Crippen LogP contribution in [-0.4, -0.2) is 19.3 Å². The van der Waals surface area contributed by atoms with Crippen molar-refractivity contribution in [2.24, 2.45) is 0 Å². The second-order valence-electron chi connectivity index (χ2n) is 12.3. The molecule has 9 aromatic rings. The van der Waals surface area contributed by atoms with Crippen molar-refractivity contribution >= 4 is 32.7 Å². The second kappa shape index (κ2) is 12.9. The van der Waals surface area contributed by atoms with Gasteiger partial charge in [0.25, 0.3) is 0 Å². The monoisotopic (exact) mass is 825 g/mol. The van der Waals surface area contributed by atoms with Gasteiger partial charge in [0.1, 0.15) is 5.82 Å². The molecule has 0 amide bonds. The van der Waals surface area contributed by atoms with Crippen LogP contribution in [-0.2, 0) is 26.5 Å². The van der Waals surface area contributed by atoms with E-state index in [0.29, 0.717) is 11.5 Å². The van der Waals surface area contributed by atoms with Crippen LogP contribution < -0.4 is 4.74 Å². The molecule has 0 radical (unpaired) electrons. The van der Waals surface area contributed by atoms with Crippen LogP contribution in [0.2, 0.25) is 0 Å². The average Bonchev–Trinajstić information content (AvgIpc) is 3.75. The largest absolute Gasteiger partial charge is 2.00 e. The fourth-order valence-electron chi connectivity index (χ4n) is 6.97. The van der Waals surface area contributed by atoms with Crippen molar-refractivity contribution < 1.29 is 25.8 Å². The minimum atomic E-state index is -0.405. The Morgan fingerprint density at radius 2 is 1.28 bits per heavy atom. The first kappa shape index (κ1) is 31.5. The van der Waals surface area contributed by atoms with Crippen molar-refractivity contribution in [1.82, 2.24) is 19.3 Å². The van der Waals surface area contributed by atoms with Crippen LogP contribution in [0.3, 0.4) is 0 Å². The van der Waals surface area contributed by atoms with E-state index in [2.05, 4.69) is 144 Å². The minimum absolute atomic E-state index is 0. The molecule has 242 valence electrons. The minimum Gasteiger partial charge on any atom is -0.509 e. The van der Waals surface area contributed by atoms with Gasteiger partial charge in [-0.25, -0.2) is 4.98 Å². The summed E-state index contributed by atoms with van der Waals surface area (Å²) in [5, 5.41) is 7.87. The maximum atomic E-state index is 6.43. The summed E-state index contributed by atoms with van der Waals surface area (Å²) in [5.41, 5.74) is 6.92. The van der Waals surface area contributed by atoms with Gasteiger partial charge in [-0.1, -0.05) is 103 Å². The molecule has 0 aliphatic heterocycles. The van der Waals surface area contributed by atoms with Gasteiger partial charge in [-0.05, 0) is 59.0 Å². The van der Waals surface area contributed by atoms with E-state index in [1.165, 1.54) is 11.1 Å². The number of pyridine rings is 1. The zero-order chi connectivity index (χ0) is 32.8. The Balaban J connectivity index is 0.00000361. The average molecular weight is 826 g/mol. The van der Waals surface area contributed by atoms with E-state index in [1.54, 1.807) is 0 Å². The van der Waals surface area contributed by atoms with Gasteiger partial charge in [0, 0.05) is 34.0 Å². The molecule has 0 fully saturated rings. The molecule has 50 heavy (non-hydrogen) atoms. The van der Waals surface area contributed by atoms with E-state index in [1.807, 2.05) is 53.5 Å². The molecule has 0 aliphatic carbocycles. The number of para-hydroxylation sites is 2. The van der Waals surface area contributed by atoms with Crippen molar-refractivity contribution in [3.8, 4) is 23.0 Å². The fourth-order valence-corrected chi connectivity index (χ4v) is 6.97. The van der Waals surface area contributed by atoms with Crippen LogP contribution in [0.15, 0.2) is 164 Å². The van der Waals surface area contributed by atoms with Crippen LogP contribution in [0.4, 0.5) is 0 Å². The number of ether oxygens (including phenoxy) is 1. The quantitative estimate of drug-likeness (QED) is 0.150. The van der Waals surface area contributed by atoms with Gasteiger partial charge in [-0.15, -0.1) is 35.7 Å². The smallest absolute Gasteiger partial charge is 0.509 e. The molecule has 0 N–H and O–H groups in total. The van der Waals surface area contributed by atoms with E-state index in [0.717, 1.165) is 49.8 Å². The summed E-state index contributed by atoms with van der Waals surface area (Å²) in [6.45, 7) is 2.29. The number of rotatable bonds is 7. The first-order chi connectivity index (χ1) is 24.2. The molecular formula is C44H30N4OPt. The fraction of sp³-hybridized carbons (Fsp3) is 0.0455. The van der Waals surface area contributed by atoms with E-state index in [4.69, 9.17) is 9.72 Å². The van der Waals surface area contributed by atoms with Crippen LogP contribution >= 0.6 is 0 Å². The van der Waals surface area contributed by atoms with Crippen LogP contribution in [0.1, 0.15) is 23.6 Å². The molecule has 6 aromatic carbocycles. The summed E-state index contributed by atoms with van der Waals surface area (Å²) in [6.07, 6.45) is 3.78. The molecule has 0 unspecified atom stereocenters. The second-order valence-corrected chi connectivity index (χ2v) is 12.3. The van der Waals surface area contributed by atoms with Crippen LogP contribution in [0.25, 0.3) is 44.2 Å². The van der Waals surface area contributed by atoms with Gasteiger partial charge < -0.3 is 9.30 Å². The van der Waals surface area contributed by atoms with E-state index in [9.17, 15) is 0 Å². The Morgan fingerprint density at radius 1 is 0.600 bits per heavy atom. The molecule has 5 nitrogen and oxygen atoms in total.